The Morgan fingerprint density at radius 1 is 1.32 bits per heavy atom. The predicted molar refractivity (Wildman–Crippen MR) is 91.7 cm³/mol. The summed E-state index contributed by atoms with van der Waals surface area (Å²) in [4.78, 5) is 22.6. The van der Waals surface area contributed by atoms with Crippen molar-refractivity contribution in [2.24, 2.45) is 0 Å². The van der Waals surface area contributed by atoms with Crippen LogP contribution in [0.25, 0.3) is 11.0 Å². The summed E-state index contributed by atoms with van der Waals surface area (Å²) in [6, 6.07) is 8.05. The number of H-pyrrole nitrogens is 1. The van der Waals surface area contributed by atoms with E-state index in [-0.39, 0.29) is 11.8 Å². The highest BCUT2D eigenvalue weighted by molar-refractivity contribution is 5.76. The Bertz CT molecular complexity index is 809. The van der Waals surface area contributed by atoms with Crippen LogP contribution in [-0.4, -0.2) is 54.1 Å². The summed E-state index contributed by atoms with van der Waals surface area (Å²) in [5, 5.41) is 11.0. The third kappa shape index (κ3) is 3.52. The summed E-state index contributed by atoms with van der Waals surface area (Å²) in [6.45, 7) is 2.24. The first-order chi connectivity index (χ1) is 12.3. The number of piperidine rings is 1. The van der Waals surface area contributed by atoms with Crippen molar-refractivity contribution in [2.45, 2.75) is 38.1 Å². The van der Waals surface area contributed by atoms with Crippen LogP contribution in [0.5, 0.6) is 0 Å². The molecule has 130 valence electrons. The molecule has 8 nitrogen and oxygen atoms in total. The van der Waals surface area contributed by atoms with Crippen molar-refractivity contribution in [3.8, 4) is 0 Å². The second-order valence-electron chi connectivity index (χ2n) is 6.49. The second-order valence-corrected chi connectivity index (χ2v) is 6.49. The average Bonchev–Trinajstić information content (AvgIpc) is 3.31. The Hall–Kier alpha value is -2.77. The molecular formula is C17H21N7O. The van der Waals surface area contributed by atoms with E-state index in [0.717, 1.165) is 49.2 Å². The average molecular weight is 339 g/mol. The van der Waals surface area contributed by atoms with Crippen LogP contribution in [0.15, 0.2) is 30.6 Å². The fraction of sp³-hybridized carbons (Fsp3) is 0.471. The largest absolute Gasteiger partial charge is 0.342 e. The number of benzene rings is 1. The SMILES string of the molecule is O=C(CCCn1cnnn1)N1CCC[C@@H](c2nc3ccccc3[nH]2)C1. The van der Waals surface area contributed by atoms with Crippen LogP contribution in [0.4, 0.5) is 0 Å². The molecule has 3 heterocycles. The number of imidazole rings is 1. The minimum absolute atomic E-state index is 0.203. The molecule has 0 unspecified atom stereocenters. The third-order valence-electron chi connectivity index (χ3n) is 4.74. The zero-order valence-electron chi connectivity index (χ0n) is 14.0. The highest BCUT2D eigenvalue weighted by Crippen LogP contribution is 2.27. The highest BCUT2D eigenvalue weighted by atomic mass is 16.2. The number of likely N-dealkylation sites (tertiary alicyclic amines) is 1. The van der Waals surface area contributed by atoms with Crippen molar-refractivity contribution in [1.82, 2.24) is 35.1 Å². The molecule has 2 aromatic heterocycles. The van der Waals surface area contributed by atoms with Crippen LogP contribution in [-0.2, 0) is 11.3 Å². The minimum Gasteiger partial charge on any atom is -0.342 e. The van der Waals surface area contributed by atoms with Gasteiger partial charge in [0.25, 0.3) is 0 Å². The number of para-hydroxylation sites is 2. The highest BCUT2D eigenvalue weighted by Gasteiger charge is 2.26. The van der Waals surface area contributed by atoms with Gasteiger partial charge in [-0.15, -0.1) is 5.10 Å². The molecule has 1 fully saturated rings. The maximum Gasteiger partial charge on any atom is 0.222 e. The van der Waals surface area contributed by atoms with Gasteiger partial charge in [0.05, 0.1) is 11.0 Å². The van der Waals surface area contributed by atoms with E-state index >= 15 is 0 Å². The number of aromatic nitrogens is 6. The predicted octanol–water partition coefficient (Wildman–Crippen LogP) is 1.74. The van der Waals surface area contributed by atoms with Gasteiger partial charge in [-0.1, -0.05) is 12.1 Å². The lowest BCUT2D eigenvalue weighted by Crippen LogP contribution is -2.39. The van der Waals surface area contributed by atoms with Gasteiger partial charge in [0, 0.05) is 32.0 Å². The number of amides is 1. The van der Waals surface area contributed by atoms with Crippen molar-refractivity contribution in [1.29, 1.82) is 0 Å². The second kappa shape index (κ2) is 7.00. The standard InChI is InChI=1S/C17H21N7O/c25-16(8-4-10-24-12-18-21-22-24)23-9-3-5-13(11-23)17-19-14-6-1-2-7-15(14)20-17/h1-2,6-7,12-13H,3-5,8-11H2,(H,19,20)/t13-/m1/s1. The van der Waals surface area contributed by atoms with Gasteiger partial charge < -0.3 is 9.88 Å². The number of nitrogens with zero attached hydrogens (tertiary/aromatic N) is 6. The van der Waals surface area contributed by atoms with Crippen LogP contribution < -0.4 is 0 Å². The fourth-order valence-electron chi connectivity index (χ4n) is 3.43. The van der Waals surface area contributed by atoms with Crippen molar-refractivity contribution >= 4 is 16.9 Å². The third-order valence-corrected chi connectivity index (χ3v) is 4.74. The quantitative estimate of drug-likeness (QED) is 0.764. The molecule has 25 heavy (non-hydrogen) atoms. The molecule has 0 bridgehead atoms. The van der Waals surface area contributed by atoms with Gasteiger partial charge in [0.1, 0.15) is 12.2 Å². The summed E-state index contributed by atoms with van der Waals surface area (Å²) >= 11 is 0. The first kappa shape index (κ1) is 15.7. The van der Waals surface area contributed by atoms with E-state index < -0.39 is 0 Å². The monoisotopic (exact) mass is 339 g/mol. The number of aryl methyl sites for hydroxylation is 1. The van der Waals surface area contributed by atoms with Crippen molar-refractivity contribution in [3.05, 3.63) is 36.4 Å². The van der Waals surface area contributed by atoms with E-state index in [9.17, 15) is 4.79 Å². The molecule has 4 rings (SSSR count). The van der Waals surface area contributed by atoms with E-state index in [1.165, 1.54) is 0 Å². The number of hydrogen-bond acceptors (Lipinski definition) is 5. The number of fused-ring (bicyclic) bond motifs is 1. The van der Waals surface area contributed by atoms with Gasteiger partial charge in [-0.05, 0) is 41.8 Å². The minimum atomic E-state index is 0.203. The van der Waals surface area contributed by atoms with Crippen LogP contribution in [0.3, 0.4) is 0 Å². The van der Waals surface area contributed by atoms with Gasteiger partial charge in [-0.2, -0.15) is 0 Å². The number of rotatable bonds is 5. The normalized spacial score (nSPS) is 17.9. The van der Waals surface area contributed by atoms with Gasteiger partial charge in [-0.3, -0.25) is 4.79 Å². The molecule has 3 aromatic rings. The molecule has 1 aliphatic rings. The number of carbonyl (C=O) groups is 1. The summed E-state index contributed by atoms with van der Waals surface area (Å²) in [5.74, 6) is 1.48. The molecule has 8 heteroatoms. The van der Waals surface area contributed by atoms with Crippen LogP contribution in [0.1, 0.15) is 37.4 Å². The van der Waals surface area contributed by atoms with E-state index in [1.807, 2.05) is 29.2 Å². The molecule has 1 atom stereocenters. The van der Waals surface area contributed by atoms with Crippen molar-refractivity contribution in [3.63, 3.8) is 0 Å². The number of nitrogens with one attached hydrogen (secondary N) is 1. The van der Waals surface area contributed by atoms with Gasteiger partial charge in [-0.25, -0.2) is 9.67 Å². The molecule has 1 aliphatic heterocycles. The van der Waals surface area contributed by atoms with Crippen molar-refractivity contribution < 1.29 is 4.79 Å². The number of aromatic amines is 1. The zero-order valence-corrected chi connectivity index (χ0v) is 14.0. The Balaban J connectivity index is 1.36. The van der Waals surface area contributed by atoms with E-state index in [1.54, 1.807) is 11.0 Å². The topological polar surface area (TPSA) is 92.6 Å². The molecular weight excluding hydrogens is 318 g/mol. The Labute approximate surface area is 145 Å². The maximum absolute atomic E-state index is 12.5. The van der Waals surface area contributed by atoms with Gasteiger partial charge >= 0.3 is 0 Å². The van der Waals surface area contributed by atoms with Crippen LogP contribution in [0.2, 0.25) is 0 Å². The number of tetrazole rings is 1. The number of hydrogen-bond donors (Lipinski definition) is 1. The Morgan fingerprint density at radius 3 is 3.08 bits per heavy atom. The van der Waals surface area contributed by atoms with E-state index in [4.69, 9.17) is 4.98 Å². The molecule has 0 aliphatic carbocycles. The van der Waals surface area contributed by atoms with E-state index in [0.29, 0.717) is 13.0 Å². The lowest BCUT2D eigenvalue weighted by molar-refractivity contribution is -0.132. The molecule has 0 saturated carbocycles. The molecule has 1 saturated heterocycles. The molecule has 1 amide bonds. The summed E-state index contributed by atoms with van der Waals surface area (Å²) in [5.41, 5.74) is 2.05. The zero-order chi connectivity index (χ0) is 17.1. The molecule has 1 aromatic carbocycles. The summed E-state index contributed by atoms with van der Waals surface area (Å²) < 4.78 is 1.65. The maximum atomic E-state index is 12.5. The molecule has 0 spiro atoms. The van der Waals surface area contributed by atoms with Gasteiger partial charge in [0.15, 0.2) is 0 Å². The number of carbonyl (C=O) groups excluding carboxylic acids is 1. The fourth-order valence-corrected chi connectivity index (χ4v) is 3.43. The Morgan fingerprint density at radius 2 is 2.24 bits per heavy atom. The molecule has 0 radical (unpaired) electrons. The summed E-state index contributed by atoms with van der Waals surface area (Å²) in [6.07, 6.45) is 4.92. The smallest absolute Gasteiger partial charge is 0.222 e. The lowest BCUT2D eigenvalue weighted by atomic mass is 9.97. The van der Waals surface area contributed by atoms with Crippen molar-refractivity contribution in [2.75, 3.05) is 13.1 Å². The Kier molecular flexibility index (Phi) is 4.41. The van der Waals surface area contributed by atoms with Gasteiger partial charge in [0.2, 0.25) is 5.91 Å². The van der Waals surface area contributed by atoms with Crippen LogP contribution >= 0.6 is 0 Å². The lowest BCUT2D eigenvalue weighted by Gasteiger charge is -2.32. The first-order valence-electron chi connectivity index (χ1n) is 8.73. The summed E-state index contributed by atoms with van der Waals surface area (Å²) in [7, 11) is 0. The first-order valence-corrected chi connectivity index (χ1v) is 8.73. The van der Waals surface area contributed by atoms with Crippen LogP contribution in [0, 0.1) is 0 Å². The van der Waals surface area contributed by atoms with E-state index in [2.05, 4.69) is 20.5 Å². The molecule has 1 N–H and O–H groups in total.